The number of rotatable bonds is 8. The first kappa shape index (κ1) is 19.5. The normalized spacial score (nSPS) is 12.7. The first-order valence-corrected chi connectivity index (χ1v) is 8.42. The van der Waals surface area contributed by atoms with Crippen molar-refractivity contribution in [2.75, 3.05) is 19.7 Å². The van der Waals surface area contributed by atoms with E-state index in [-0.39, 0.29) is 11.5 Å². The molecule has 0 bridgehead atoms. The van der Waals surface area contributed by atoms with E-state index in [9.17, 15) is 0 Å². The maximum atomic E-state index is 5.75. The summed E-state index contributed by atoms with van der Waals surface area (Å²) in [5.41, 5.74) is -0.0336. The number of aromatic nitrogens is 1. The molecule has 6 nitrogen and oxygen atoms in total. The third-order valence-electron chi connectivity index (χ3n) is 3.07. The SMILES string of the molecule is CCNC(=NCc1ncc(C(C)(C)C)o1)NCCCOC(C)C. The molecule has 0 fully saturated rings. The van der Waals surface area contributed by atoms with E-state index in [0.717, 1.165) is 37.8 Å². The summed E-state index contributed by atoms with van der Waals surface area (Å²) >= 11 is 0. The zero-order valence-corrected chi connectivity index (χ0v) is 15.4. The van der Waals surface area contributed by atoms with Crippen LogP contribution in [0.3, 0.4) is 0 Å². The summed E-state index contributed by atoms with van der Waals surface area (Å²) in [5.74, 6) is 2.29. The molecule has 1 aromatic heterocycles. The van der Waals surface area contributed by atoms with Gasteiger partial charge in [0.05, 0.1) is 12.3 Å². The standard InChI is InChI=1S/C17H32N4O2/c1-7-18-16(19-9-8-10-22-13(2)3)21-12-15-20-11-14(23-15)17(4,5)6/h11,13H,7-10,12H2,1-6H3,(H2,18,19,21). The van der Waals surface area contributed by atoms with Crippen LogP contribution in [0.5, 0.6) is 0 Å². The molecular weight excluding hydrogens is 292 g/mol. The predicted octanol–water partition coefficient (Wildman–Crippen LogP) is 2.84. The van der Waals surface area contributed by atoms with Crippen molar-refractivity contribution in [3.63, 3.8) is 0 Å². The van der Waals surface area contributed by atoms with Crippen molar-refractivity contribution >= 4 is 5.96 Å². The van der Waals surface area contributed by atoms with Gasteiger partial charge in [0.15, 0.2) is 5.96 Å². The minimum absolute atomic E-state index is 0.0336. The van der Waals surface area contributed by atoms with Crippen LogP contribution in [0, 0.1) is 0 Å². The van der Waals surface area contributed by atoms with Crippen molar-refractivity contribution in [1.82, 2.24) is 15.6 Å². The Hall–Kier alpha value is -1.56. The van der Waals surface area contributed by atoms with Gasteiger partial charge in [0.2, 0.25) is 5.89 Å². The Morgan fingerprint density at radius 1 is 1.35 bits per heavy atom. The van der Waals surface area contributed by atoms with Gasteiger partial charge in [0.1, 0.15) is 12.3 Å². The molecule has 0 unspecified atom stereocenters. The molecule has 0 amide bonds. The topological polar surface area (TPSA) is 71.7 Å². The first-order valence-electron chi connectivity index (χ1n) is 8.42. The van der Waals surface area contributed by atoms with Gasteiger partial charge in [-0.3, -0.25) is 0 Å². The van der Waals surface area contributed by atoms with Crippen LogP contribution in [0.1, 0.15) is 59.6 Å². The molecule has 1 rings (SSSR count). The minimum atomic E-state index is -0.0336. The summed E-state index contributed by atoms with van der Waals surface area (Å²) in [5, 5.41) is 6.51. The van der Waals surface area contributed by atoms with Gasteiger partial charge in [-0.25, -0.2) is 9.98 Å². The van der Waals surface area contributed by atoms with Crippen LogP contribution in [0.25, 0.3) is 0 Å². The van der Waals surface area contributed by atoms with Gasteiger partial charge in [-0.1, -0.05) is 20.8 Å². The summed E-state index contributed by atoms with van der Waals surface area (Å²) in [4.78, 5) is 8.80. The number of nitrogens with zero attached hydrogens (tertiary/aromatic N) is 2. The molecule has 1 aromatic rings. The van der Waals surface area contributed by atoms with Crippen LogP contribution < -0.4 is 10.6 Å². The molecule has 1 heterocycles. The number of nitrogens with one attached hydrogen (secondary N) is 2. The molecule has 0 aliphatic rings. The lowest BCUT2D eigenvalue weighted by atomic mass is 9.94. The van der Waals surface area contributed by atoms with E-state index in [2.05, 4.69) is 41.4 Å². The van der Waals surface area contributed by atoms with Gasteiger partial charge in [-0.05, 0) is 27.2 Å². The van der Waals surface area contributed by atoms with Gasteiger partial charge in [-0.15, -0.1) is 0 Å². The minimum Gasteiger partial charge on any atom is -0.443 e. The van der Waals surface area contributed by atoms with E-state index < -0.39 is 0 Å². The lowest BCUT2D eigenvalue weighted by molar-refractivity contribution is 0.0776. The van der Waals surface area contributed by atoms with E-state index in [1.54, 1.807) is 6.20 Å². The van der Waals surface area contributed by atoms with E-state index in [4.69, 9.17) is 9.15 Å². The maximum Gasteiger partial charge on any atom is 0.216 e. The predicted molar refractivity (Wildman–Crippen MR) is 93.7 cm³/mol. The second kappa shape index (κ2) is 9.55. The molecule has 0 spiro atoms. The van der Waals surface area contributed by atoms with Crippen molar-refractivity contribution in [2.45, 2.75) is 66.0 Å². The lowest BCUT2D eigenvalue weighted by Gasteiger charge is -2.13. The highest BCUT2D eigenvalue weighted by molar-refractivity contribution is 5.79. The van der Waals surface area contributed by atoms with Gasteiger partial charge in [0.25, 0.3) is 0 Å². The van der Waals surface area contributed by atoms with Gasteiger partial charge in [0, 0.05) is 25.1 Å². The summed E-state index contributed by atoms with van der Waals surface area (Å²) in [6, 6.07) is 0. The monoisotopic (exact) mass is 324 g/mol. The number of oxazole rings is 1. The highest BCUT2D eigenvalue weighted by atomic mass is 16.5. The van der Waals surface area contributed by atoms with Crippen LogP contribution in [-0.2, 0) is 16.7 Å². The zero-order valence-electron chi connectivity index (χ0n) is 15.4. The maximum absolute atomic E-state index is 5.75. The molecule has 0 saturated carbocycles. The van der Waals surface area contributed by atoms with Gasteiger partial charge in [-0.2, -0.15) is 0 Å². The second-order valence-electron chi connectivity index (χ2n) is 6.76. The summed E-state index contributed by atoms with van der Waals surface area (Å²) < 4.78 is 11.3. The highest BCUT2D eigenvalue weighted by Gasteiger charge is 2.18. The average molecular weight is 324 g/mol. The third kappa shape index (κ3) is 8.02. The fourth-order valence-electron chi connectivity index (χ4n) is 1.82. The molecule has 0 saturated heterocycles. The Labute approximate surface area is 140 Å². The van der Waals surface area contributed by atoms with Crippen LogP contribution in [-0.4, -0.2) is 36.7 Å². The lowest BCUT2D eigenvalue weighted by Crippen LogP contribution is -2.38. The molecule has 0 aliphatic heterocycles. The molecule has 2 N–H and O–H groups in total. The van der Waals surface area contributed by atoms with Crippen LogP contribution >= 0.6 is 0 Å². The fourth-order valence-corrected chi connectivity index (χ4v) is 1.82. The van der Waals surface area contributed by atoms with Crippen molar-refractivity contribution < 1.29 is 9.15 Å². The van der Waals surface area contributed by atoms with E-state index >= 15 is 0 Å². The van der Waals surface area contributed by atoms with E-state index in [1.165, 1.54) is 0 Å². The molecule has 0 atom stereocenters. The first-order chi connectivity index (χ1) is 10.8. The number of guanidine groups is 1. The largest absolute Gasteiger partial charge is 0.443 e. The molecule has 0 radical (unpaired) electrons. The second-order valence-corrected chi connectivity index (χ2v) is 6.76. The zero-order chi connectivity index (χ0) is 17.3. The van der Waals surface area contributed by atoms with Gasteiger partial charge < -0.3 is 19.8 Å². The van der Waals surface area contributed by atoms with E-state index in [0.29, 0.717) is 12.4 Å². The van der Waals surface area contributed by atoms with E-state index in [1.807, 2.05) is 20.8 Å². The van der Waals surface area contributed by atoms with Crippen molar-refractivity contribution in [3.8, 4) is 0 Å². The Morgan fingerprint density at radius 2 is 2.09 bits per heavy atom. The quantitative estimate of drug-likeness (QED) is 0.437. The number of hydrogen-bond acceptors (Lipinski definition) is 4. The third-order valence-corrected chi connectivity index (χ3v) is 3.07. The molecule has 0 aromatic carbocycles. The number of hydrogen-bond donors (Lipinski definition) is 2. The van der Waals surface area contributed by atoms with Crippen molar-refractivity contribution in [1.29, 1.82) is 0 Å². The van der Waals surface area contributed by atoms with Gasteiger partial charge >= 0.3 is 0 Å². The Balaban J connectivity index is 2.46. The van der Waals surface area contributed by atoms with Crippen LogP contribution in [0.2, 0.25) is 0 Å². The Morgan fingerprint density at radius 3 is 2.65 bits per heavy atom. The summed E-state index contributed by atoms with van der Waals surface area (Å²) in [6.45, 7) is 15.2. The summed E-state index contributed by atoms with van der Waals surface area (Å²) in [7, 11) is 0. The molecular formula is C17H32N4O2. The van der Waals surface area contributed by atoms with Crippen LogP contribution in [0.4, 0.5) is 0 Å². The van der Waals surface area contributed by atoms with Crippen LogP contribution in [0.15, 0.2) is 15.6 Å². The Bertz CT molecular complexity index is 475. The number of aliphatic imine (C=N–C) groups is 1. The molecule has 23 heavy (non-hydrogen) atoms. The molecule has 132 valence electrons. The summed E-state index contributed by atoms with van der Waals surface area (Å²) in [6.07, 6.45) is 3.00. The van der Waals surface area contributed by atoms with Crippen molar-refractivity contribution in [3.05, 3.63) is 17.8 Å². The molecule has 0 aliphatic carbocycles. The average Bonchev–Trinajstić information content (AvgIpc) is 2.93. The number of ether oxygens (including phenoxy) is 1. The van der Waals surface area contributed by atoms with Crippen molar-refractivity contribution in [2.24, 2.45) is 4.99 Å². The smallest absolute Gasteiger partial charge is 0.216 e. The highest BCUT2D eigenvalue weighted by Crippen LogP contribution is 2.22. The molecule has 6 heteroatoms. The Kier molecular flexibility index (Phi) is 8.09. The fraction of sp³-hybridized carbons (Fsp3) is 0.765.